The van der Waals surface area contributed by atoms with E-state index in [4.69, 9.17) is 38.7 Å². The topological polar surface area (TPSA) is 92.4 Å². The Labute approximate surface area is 234 Å². The van der Waals surface area contributed by atoms with Crippen molar-refractivity contribution in [1.82, 2.24) is 25.2 Å². The third kappa shape index (κ3) is 4.18. The predicted octanol–water partition coefficient (Wildman–Crippen LogP) is 4.81. The van der Waals surface area contributed by atoms with Crippen LogP contribution in [0.3, 0.4) is 0 Å². The van der Waals surface area contributed by atoms with Gasteiger partial charge in [0.15, 0.2) is 11.6 Å². The first kappa shape index (κ1) is 25.4. The number of ether oxygens (including phenoxy) is 1. The smallest absolute Gasteiger partial charge is 0.319 e. The van der Waals surface area contributed by atoms with Crippen molar-refractivity contribution in [3.8, 4) is 17.3 Å². The lowest BCUT2D eigenvalue weighted by Crippen LogP contribution is -2.51. The highest BCUT2D eigenvalue weighted by atomic mass is 35.5. The Kier molecular flexibility index (Phi) is 6.22. The molecule has 3 N–H and O–H groups in total. The van der Waals surface area contributed by atoms with Crippen LogP contribution in [0.4, 0.5) is 20.3 Å². The highest BCUT2D eigenvalue weighted by molar-refractivity contribution is 6.37. The minimum Gasteiger partial charge on any atom is -0.461 e. The van der Waals surface area contributed by atoms with Gasteiger partial charge < -0.3 is 20.7 Å². The number of nitrogens with one attached hydrogen (secondary N) is 1. The van der Waals surface area contributed by atoms with E-state index in [1.807, 2.05) is 0 Å². The second kappa shape index (κ2) is 9.54. The summed E-state index contributed by atoms with van der Waals surface area (Å²) in [5, 5.41) is 3.78. The minimum absolute atomic E-state index is 0.00650. The lowest BCUT2D eigenvalue weighted by molar-refractivity contribution is 0.108. The molecule has 3 aromatic rings. The van der Waals surface area contributed by atoms with Crippen molar-refractivity contribution in [1.29, 1.82) is 0 Å². The summed E-state index contributed by atoms with van der Waals surface area (Å²) in [5.41, 5.74) is 5.29. The summed E-state index contributed by atoms with van der Waals surface area (Å²) in [4.78, 5) is 18.2. The Balaban J connectivity index is 1.34. The van der Waals surface area contributed by atoms with Crippen molar-refractivity contribution in [3.63, 3.8) is 0 Å². The first-order chi connectivity index (χ1) is 18.8. The van der Waals surface area contributed by atoms with Crippen LogP contribution in [0.25, 0.3) is 22.2 Å². The molecule has 4 aliphatic rings. The number of rotatable bonds is 5. The number of pyridine rings is 1. The molecular formula is C27H29Cl2F2N7O. The number of nitrogen functional groups attached to an aromatic ring is 1. The molecule has 39 heavy (non-hydrogen) atoms. The number of aromatic nitrogens is 3. The maximum atomic E-state index is 16.3. The normalized spacial score (nSPS) is 24.1. The van der Waals surface area contributed by atoms with Crippen LogP contribution >= 0.6 is 23.2 Å². The summed E-state index contributed by atoms with van der Waals surface area (Å²) in [5.74, 6) is -1.16. The van der Waals surface area contributed by atoms with Gasteiger partial charge in [0.2, 0.25) is 0 Å². The molecule has 0 aliphatic carbocycles. The maximum absolute atomic E-state index is 16.3. The quantitative estimate of drug-likeness (QED) is 0.331. The van der Waals surface area contributed by atoms with Gasteiger partial charge in [-0.1, -0.05) is 23.2 Å². The van der Waals surface area contributed by atoms with Crippen molar-refractivity contribution >= 4 is 45.6 Å². The summed E-state index contributed by atoms with van der Waals surface area (Å²) >= 11 is 12.2. The Hall–Kier alpha value is -2.53. The van der Waals surface area contributed by atoms with Gasteiger partial charge >= 0.3 is 6.01 Å². The van der Waals surface area contributed by atoms with Crippen LogP contribution in [0, 0.1) is 11.6 Å². The fourth-order valence-electron chi connectivity index (χ4n) is 6.97. The van der Waals surface area contributed by atoms with E-state index in [-0.39, 0.29) is 44.1 Å². The van der Waals surface area contributed by atoms with E-state index < -0.39 is 11.6 Å². The molecule has 0 saturated carbocycles. The molecule has 8 nitrogen and oxygen atoms in total. The van der Waals surface area contributed by atoms with Crippen molar-refractivity contribution in [2.24, 2.45) is 0 Å². The first-order valence-electron chi connectivity index (χ1n) is 13.5. The fraction of sp³-hybridized carbons (Fsp3) is 0.519. The van der Waals surface area contributed by atoms with E-state index in [9.17, 15) is 0 Å². The Morgan fingerprint density at radius 2 is 1.77 bits per heavy atom. The Bertz CT molecular complexity index is 1430. The highest BCUT2D eigenvalue weighted by Gasteiger charge is 2.45. The number of nitrogens with zero attached hydrogens (tertiary/aromatic N) is 5. The van der Waals surface area contributed by atoms with Gasteiger partial charge in [0.05, 0.1) is 32.2 Å². The van der Waals surface area contributed by atoms with Gasteiger partial charge in [-0.05, 0) is 57.7 Å². The minimum atomic E-state index is -0.893. The molecule has 2 atom stereocenters. The molecule has 4 saturated heterocycles. The zero-order chi connectivity index (χ0) is 26.9. The molecule has 2 bridgehead atoms. The lowest BCUT2D eigenvalue weighted by atomic mass is 9.95. The van der Waals surface area contributed by atoms with E-state index in [1.54, 1.807) is 0 Å². The van der Waals surface area contributed by atoms with Gasteiger partial charge in [-0.3, -0.25) is 9.88 Å². The number of piperazine rings is 1. The van der Waals surface area contributed by atoms with Crippen LogP contribution in [-0.4, -0.2) is 70.3 Å². The van der Waals surface area contributed by atoms with E-state index in [0.29, 0.717) is 29.9 Å². The van der Waals surface area contributed by atoms with Gasteiger partial charge in [-0.25, -0.2) is 8.78 Å². The molecule has 6 heterocycles. The third-order valence-electron chi connectivity index (χ3n) is 8.89. The number of hydrogen-bond donors (Lipinski definition) is 2. The van der Waals surface area contributed by atoms with Gasteiger partial charge in [-0.2, -0.15) is 9.97 Å². The van der Waals surface area contributed by atoms with Gasteiger partial charge in [0.1, 0.15) is 23.6 Å². The summed E-state index contributed by atoms with van der Waals surface area (Å²) in [6.07, 6.45) is 8.02. The molecule has 2 aromatic heterocycles. The number of fused-ring (bicyclic) bond motifs is 4. The average molecular weight is 576 g/mol. The molecule has 0 unspecified atom stereocenters. The number of halogens is 4. The van der Waals surface area contributed by atoms with Crippen LogP contribution in [0.2, 0.25) is 10.0 Å². The largest absolute Gasteiger partial charge is 0.461 e. The first-order valence-corrected chi connectivity index (χ1v) is 14.3. The maximum Gasteiger partial charge on any atom is 0.319 e. The van der Waals surface area contributed by atoms with E-state index >= 15 is 8.78 Å². The van der Waals surface area contributed by atoms with Crippen LogP contribution in [0.1, 0.15) is 38.5 Å². The van der Waals surface area contributed by atoms with Gasteiger partial charge in [-0.15, -0.1) is 0 Å². The molecule has 0 amide bonds. The molecule has 4 fully saturated rings. The zero-order valence-electron chi connectivity index (χ0n) is 21.3. The highest BCUT2D eigenvalue weighted by Crippen LogP contribution is 2.42. The molecule has 206 valence electrons. The van der Waals surface area contributed by atoms with Crippen molar-refractivity contribution in [2.45, 2.75) is 56.1 Å². The Morgan fingerprint density at radius 3 is 2.49 bits per heavy atom. The fourth-order valence-corrected chi connectivity index (χ4v) is 7.44. The summed E-state index contributed by atoms with van der Waals surface area (Å²) in [6.45, 7) is 4.03. The second-order valence-electron chi connectivity index (χ2n) is 11.2. The number of nitrogens with two attached hydrogens (primary N) is 1. The zero-order valence-corrected chi connectivity index (χ0v) is 22.8. The molecule has 1 aromatic carbocycles. The van der Waals surface area contributed by atoms with E-state index in [1.165, 1.54) is 12.3 Å². The molecule has 12 heteroatoms. The summed E-state index contributed by atoms with van der Waals surface area (Å²) in [7, 11) is 0. The average Bonchev–Trinajstić information content (AvgIpc) is 3.61. The lowest BCUT2D eigenvalue weighted by Gasteiger charge is -2.34. The molecule has 0 radical (unpaired) electrons. The van der Waals surface area contributed by atoms with Crippen molar-refractivity contribution in [3.05, 3.63) is 33.9 Å². The molecule has 0 spiro atoms. The number of hydrogen-bond acceptors (Lipinski definition) is 8. The molecule has 7 rings (SSSR count). The van der Waals surface area contributed by atoms with Crippen molar-refractivity contribution < 1.29 is 13.5 Å². The number of anilines is 2. The van der Waals surface area contributed by atoms with Crippen LogP contribution in [0.5, 0.6) is 6.01 Å². The van der Waals surface area contributed by atoms with Crippen LogP contribution in [0.15, 0.2) is 12.3 Å². The molecule has 4 aliphatic heterocycles. The molecular weight excluding hydrogens is 547 g/mol. The van der Waals surface area contributed by atoms with Crippen LogP contribution < -0.4 is 20.7 Å². The van der Waals surface area contributed by atoms with Gasteiger partial charge in [0, 0.05) is 31.4 Å². The van der Waals surface area contributed by atoms with Crippen LogP contribution in [-0.2, 0) is 0 Å². The predicted molar refractivity (Wildman–Crippen MR) is 148 cm³/mol. The van der Waals surface area contributed by atoms with E-state index in [0.717, 1.165) is 64.7 Å². The SMILES string of the molecule is Nc1c(Cl)cc(Cl)c(F)c1-c1ncc2c(N3C[C@H]4CC[C@@H](C3)N4)nc(OCC34CCCN3CCC4)nc2c1F. The van der Waals surface area contributed by atoms with E-state index in [2.05, 4.69) is 25.1 Å². The standard InChI is InChI=1S/C27H29Cl2F2N7O/c28-17-9-18(29)22(32)19(20(17)30)24-21(31)23-16(10-33-24)25(37-11-14-3-4-15(12-37)34-14)36-26(35-23)39-13-27-5-1-7-38(27)8-2-6-27/h9-10,14-15,34H,1-8,11-13,32H2/t14-,15+. The Morgan fingerprint density at radius 1 is 1.05 bits per heavy atom. The third-order valence-corrected chi connectivity index (χ3v) is 9.47. The van der Waals surface area contributed by atoms with Gasteiger partial charge in [0.25, 0.3) is 0 Å². The summed E-state index contributed by atoms with van der Waals surface area (Å²) in [6, 6.07) is 1.96. The second-order valence-corrected chi connectivity index (χ2v) is 12.0. The number of benzene rings is 1. The summed E-state index contributed by atoms with van der Waals surface area (Å²) < 4.78 is 37.6. The van der Waals surface area contributed by atoms with Crippen molar-refractivity contribution in [2.75, 3.05) is 43.4 Å². The monoisotopic (exact) mass is 575 g/mol.